The zero-order chi connectivity index (χ0) is 12.3. The molecule has 0 unspecified atom stereocenters. The molecule has 17 heavy (non-hydrogen) atoms. The summed E-state index contributed by atoms with van der Waals surface area (Å²) >= 11 is 0. The molecule has 0 atom stereocenters. The summed E-state index contributed by atoms with van der Waals surface area (Å²) in [5, 5.41) is 3.22. The molecule has 0 amide bonds. The minimum Gasteiger partial charge on any atom is -0.325 e. The maximum atomic E-state index is 13.0. The summed E-state index contributed by atoms with van der Waals surface area (Å²) in [6, 6.07) is 4.69. The lowest BCUT2D eigenvalue weighted by Crippen LogP contribution is -2.03. The second kappa shape index (κ2) is 4.99. The number of halogens is 1. The highest BCUT2D eigenvalue weighted by atomic mass is 19.1. The summed E-state index contributed by atoms with van der Waals surface area (Å²) in [6.07, 6.45) is 4.75. The van der Waals surface area contributed by atoms with Crippen molar-refractivity contribution in [3.8, 4) is 0 Å². The Morgan fingerprint density at radius 2 is 2.24 bits per heavy atom. The van der Waals surface area contributed by atoms with Crippen molar-refractivity contribution in [1.29, 1.82) is 0 Å². The van der Waals surface area contributed by atoms with E-state index in [1.54, 1.807) is 12.3 Å². The van der Waals surface area contributed by atoms with Gasteiger partial charge in [0.15, 0.2) is 0 Å². The van der Waals surface area contributed by atoms with E-state index in [1.807, 2.05) is 17.7 Å². The highest BCUT2D eigenvalue weighted by Crippen LogP contribution is 2.20. The molecule has 0 fully saturated rings. The van der Waals surface area contributed by atoms with Crippen LogP contribution >= 0.6 is 0 Å². The highest BCUT2D eigenvalue weighted by Gasteiger charge is 2.05. The van der Waals surface area contributed by atoms with Gasteiger partial charge in [0.05, 0.1) is 0 Å². The Labute approximate surface area is 100 Å². The summed E-state index contributed by atoms with van der Waals surface area (Å²) in [5.41, 5.74) is 1.76. The first-order chi connectivity index (χ1) is 8.20. The molecule has 0 saturated heterocycles. The van der Waals surface area contributed by atoms with Crippen LogP contribution < -0.4 is 5.32 Å². The third-order valence-electron chi connectivity index (χ3n) is 2.61. The maximum absolute atomic E-state index is 13.0. The summed E-state index contributed by atoms with van der Waals surface area (Å²) in [5.74, 6) is 0.575. The molecule has 0 radical (unpaired) electrons. The second-order valence-corrected chi connectivity index (χ2v) is 4.03. The Balaban J connectivity index is 2.22. The molecule has 0 saturated carbocycles. The van der Waals surface area contributed by atoms with Gasteiger partial charge < -0.3 is 9.88 Å². The van der Waals surface area contributed by atoms with Crippen LogP contribution in [0.1, 0.15) is 18.9 Å². The summed E-state index contributed by atoms with van der Waals surface area (Å²) < 4.78 is 15.0. The fraction of sp³-hybridized carbons (Fsp3) is 0.308. The van der Waals surface area contributed by atoms with Crippen molar-refractivity contribution >= 4 is 11.6 Å². The number of nitrogens with zero attached hydrogens (tertiary/aromatic N) is 2. The lowest BCUT2D eigenvalue weighted by molar-refractivity contribution is 0.627. The molecule has 0 bridgehead atoms. The first-order valence-corrected chi connectivity index (χ1v) is 5.75. The monoisotopic (exact) mass is 233 g/mol. The lowest BCUT2D eigenvalue weighted by Gasteiger charge is -2.10. The van der Waals surface area contributed by atoms with Crippen LogP contribution in [-0.4, -0.2) is 9.55 Å². The molecule has 3 nitrogen and oxygen atoms in total. The Hall–Kier alpha value is -1.84. The number of rotatable bonds is 4. The fourth-order valence-corrected chi connectivity index (χ4v) is 1.74. The van der Waals surface area contributed by atoms with Crippen molar-refractivity contribution < 1.29 is 4.39 Å². The Kier molecular flexibility index (Phi) is 3.42. The average molecular weight is 233 g/mol. The van der Waals surface area contributed by atoms with E-state index in [2.05, 4.69) is 17.2 Å². The van der Waals surface area contributed by atoms with Gasteiger partial charge in [0.2, 0.25) is 5.95 Å². The standard InChI is InChI=1S/C13H16FN3/c1-3-7-17-8-6-15-13(17)16-12-5-4-11(14)9-10(12)2/h4-6,8-9H,3,7H2,1-2H3,(H,15,16). The van der Waals surface area contributed by atoms with Gasteiger partial charge in [0.25, 0.3) is 0 Å². The van der Waals surface area contributed by atoms with Crippen LogP contribution in [0.25, 0.3) is 0 Å². The van der Waals surface area contributed by atoms with E-state index >= 15 is 0 Å². The van der Waals surface area contributed by atoms with Crippen LogP contribution in [0.2, 0.25) is 0 Å². The molecule has 90 valence electrons. The van der Waals surface area contributed by atoms with E-state index in [4.69, 9.17) is 0 Å². The molecular formula is C13H16FN3. The first-order valence-electron chi connectivity index (χ1n) is 5.75. The number of hydrogen-bond donors (Lipinski definition) is 1. The van der Waals surface area contributed by atoms with Crippen molar-refractivity contribution in [2.75, 3.05) is 5.32 Å². The summed E-state index contributed by atoms with van der Waals surface area (Å²) in [6.45, 7) is 4.91. The van der Waals surface area contributed by atoms with Crippen molar-refractivity contribution in [2.24, 2.45) is 0 Å². The van der Waals surface area contributed by atoms with Gasteiger partial charge in [-0.3, -0.25) is 0 Å². The largest absolute Gasteiger partial charge is 0.325 e. The molecule has 2 rings (SSSR count). The van der Waals surface area contributed by atoms with E-state index in [0.717, 1.165) is 30.2 Å². The Bertz CT molecular complexity index is 505. The molecule has 1 aromatic carbocycles. The van der Waals surface area contributed by atoms with E-state index in [9.17, 15) is 4.39 Å². The molecule has 1 heterocycles. The topological polar surface area (TPSA) is 29.9 Å². The third kappa shape index (κ3) is 2.64. The second-order valence-electron chi connectivity index (χ2n) is 4.03. The predicted molar refractivity (Wildman–Crippen MR) is 66.9 cm³/mol. The highest BCUT2D eigenvalue weighted by molar-refractivity contribution is 5.58. The zero-order valence-corrected chi connectivity index (χ0v) is 10.1. The van der Waals surface area contributed by atoms with Gasteiger partial charge in [-0.05, 0) is 37.1 Å². The van der Waals surface area contributed by atoms with Gasteiger partial charge in [-0.2, -0.15) is 0 Å². The van der Waals surface area contributed by atoms with Crippen molar-refractivity contribution in [1.82, 2.24) is 9.55 Å². The number of imidazole rings is 1. The van der Waals surface area contributed by atoms with Crippen molar-refractivity contribution in [3.05, 3.63) is 42.0 Å². The Morgan fingerprint density at radius 3 is 2.94 bits per heavy atom. The van der Waals surface area contributed by atoms with Gasteiger partial charge in [-0.25, -0.2) is 9.37 Å². The number of nitrogens with one attached hydrogen (secondary N) is 1. The lowest BCUT2D eigenvalue weighted by atomic mass is 10.2. The van der Waals surface area contributed by atoms with Gasteiger partial charge in [-0.1, -0.05) is 6.92 Å². The summed E-state index contributed by atoms with van der Waals surface area (Å²) in [4.78, 5) is 4.25. The average Bonchev–Trinajstić information content (AvgIpc) is 2.71. The van der Waals surface area contributed by atoms with E-state index in [0.29, 0.717) is 0 Å². The van der Waals surface area contributed by atoms with E-state index < -0.39 is 0 Å². The number of benzene rings is 1. The molecule has 0 spiro atoms. The smallest absolute Gasteiger partial charge is 0.207 e. The van der Waals surface area contributed by atoms with Gasteiger partial charge >= 0.3 is 0 Å². The van der Waals surface area contributed by atoms with Crippen molar-refractivity contribution in [2.45, 2.75) is 26.8 Å². The number of aromatic nitrogens is 2. The van der Waals surface area contributed by atoms with Crippen LogP contribution in [0.3, 0.4) is 0 Å². The summed E-state index contributed by atoms with van der Waals surface area (Å²) in [7, 11) is 0. The first kappa shape index (κ1) is 11.6. The maximum Gasteiger partial charge on any atom is 0.207 e. The fourth-order valence-electron chi connectivity index (χ4n) is 1.74. The minimum atomic E-state index is -0.218. The van der Waals surface area contributed by atoms with E-state index in [-0.39, 0.29) is 5.82 Å². The molecule has 1 aromatic heterocycles. The van der Waals surface area contributed by atoms with Gasteiger partial charge in [0.1, 0.15) is 5.82 Å². The number of anilines is 2. The molecule has 4 heteroatoms. The quantitative estimate of drug-likeness (QED) is 0.876. The molecule has 0 aliphatic heterocycles. The molecule has 2 aromatic rings. The number of aryl methyl sites for hydroxylation is 2. The third-order valence-corrected chi connectivity index (χ3v) is 2.61. The van der Waals surface area contributed by atoms with Crippen LogP contribution in [0.5, 0.6) is 0 Å². The molecule has 0 aliphatic rings. The van der Waals surface area contributed by atoms with Gasteiger partial charge in [0, 0.05) is 24.6 Å². The zero-order valence-electron chi connectivity index (χ0n) is 10.1. The Morgan fingerprint density at radius 1 is 1.41 bits per heavy atom. The van der Waals surface area contributed by atoms with Crippen LogP contribution in [0.15, 0.2) is 30.6 Å². The van der Waals surface area contributed by atoms with Crippen LogP contribution in [0, 0.1) is 12.7 Å². The van der Waals surface area contributed by atoms with Gasteiger partial charge in [-0.15, -0.1) is 0 Å². The molecular weight excluding hydrogens is 217 g/mol. The predicted octanol–water partition coefficient (Wildman–Crippen LogP) is 3.48. The number of hydrogen-bond acceptors (Lipinski definition) is 2. The van der Waals surface area contributed by atoms with Crippen LogP contribution in [-0.2, 0) is 6.54 Å². The minimum absolute atomic E-state index is 0.218. The SMILES string of the molecule is CCCn1ccnc1Nc1ccc(F)cc1C. The normalized spacial score (nSPS) is 10.5. The van der Waals surface area contributed by atoms with E-state index in [1.165, 1.54) is 12.1 Å². The van der Waals surface area contributed by atoms with Crippen LogP contribution in [0.4, 0.5) is 16.0 Å². The van der Waals surface area contributed by atoms with Crippen molar-refractivity contribution in [3.63, 3.8) is 0 Å². The molecule has 0 aliphatic carbocycles. The molecule has 1 N–H and O–H groups in total.